The van der Waals surface area contributed by atoms with Gasteiger partial charge in [0.15, 0.2) is 0 Å². The van der Waals surface area contributed by atoms with Crippen molar-refractivity contribution in [3.63, 3.8) is 0 Å². The molecule has 0 saturated carbocycles. The molecule has 0 aliphatic rings. The van der Waals surface area contributed by atoms with E-state index in [1.807, 2.05) is 0 Å². The summed E-state index contributed by atoms with van der Waals surface area (Å²) in [5, 5.41) is 12.5. The first kappa shape index (κ1) is 19.3. The zero-order valence-corrected chi connectivity index (χ0v) is 14.0. The van der Waals surface area contributed by atoms with Crippen LogP contribution >= 0.6 is 23.2 Å². The first-order valence-corrected chi connectivity index (χ1v) is 7.90. The van der Waals surface area contributed by atoms with Crippen molar-refractivity contribution < 1.29 is 14.7 Å². The monoisotopic (exact) mass is 359 g/mol. The Hall–Kier alpha value is -1.79. The van der Waals surface area contributed by atoms with E-state index in [1.165, 1.54) is 0 Å². The molecular weight excluding hydrogens is 341 g/mol. The number of carboxylic acids is 1. The number of hydrogen-bond donors (Lipinski definition) is 3. The number of amidine groups is 1. The Morgan fingerprint density at radius 3 is 2.48 bits per heavy atom. The van der Waals surface area contributed by atoms with E-state index in [0.717, 1.165) is 5.69 Å². The lowest BCUT2D eigenvalue weighted by molar-refractivity contribution is -0.137. The SMILES string of the molecule is NC(CCNc1ccc(Cl)c(Cl)c1)=NC(=O)CCCCC(=O)O. The molecule has 0 radical (unpaired) electrons. The Bertz CT molecular complexity index is 591. The van der Waals surface area contributed by atoms with Gasteiger partial charge >= 0.3 is 5.97 Å². The molecule has 4 N–H and O–H groups in total. The van der Waals surface area contributed by atoms with Gasteiger partial charge in [0.1, 0.15) is 5.84 Å². The number of carboxylic acid groups (broad SMARTS) is 1. The molecule has 0 spiro atoms. The minimum atomic E-state index is -0.867. The highest BCUT2D eigenvalue weighted by molar-refractivity contribution is 6.42. The van der Waals surface area contributed by atoms with Gasteiger partial charge in [-0.1, -0.05) is 23.2 Å². The standard InChI is InChI=1S/C15H19Cl2N3O3/c16-11-6-5-10(9-12(11)17)19-8-7-13(18)20-14(21)3-1-2-4-15(22)23/h5-6,9,19H,1-4,7-8H2,(H,22,23)(H2,18,20,21). The molecule has 6 nitrogen and oxygen atoms in total. The average Bonchev–Trinajstić information content (AvgIpc) is 2.47. The number of hydrogen-bond acceptors (Lipinski definition) is 3. The first-order chi connectivity index (χ1) is 10.9. The van der Waals surface area contributed by atoms with E-state index in [9.17, 15) is 9.59 Å². The van der Waals surface area contributed by atoms with E-state index in [0.29, 0.717) is 35.9 Å². The normalized spacial score (nSPS) is 11.3. The first-order valence-electron chi connectivity index (χ1n) is 7.15. The molecule has 0 aliphatic heterocycles. The Balaban J connectivity index is 2.28. The number of nitrogens with one attached hydrogen (secondary N) is 1. The fraction of sp³-hybridized carbons (Fsp3) is 0.400. The molecular formula is C15H19Cl2N3O3. The molecule has 1 amide bonds. The van der Waals surface area contributed by atoms with Gasteiger partial charge < -0.3 is 16.2 Å². The molecule has 0 fully saturated rings. The number of halogens is 2. The molecule has 0 aromatic heterocycles. The third-order valence-electron chi connectivity index (χ3n) is 2.93. The van der Waals surface area contributed by atoms with Crippen LogP contribution in [0.5, 0.6) is 0 Å². The molecule has 23 heavy (non-hydrogen) atoms. The lowest BCUT2D eigenvalue weighted by Gasteiger charge is -2.07. The third-order valence-corrected chi connectivity index (χ3v) is 3.67. The summed E-state index contributed by atoms with van der Waals surface area (Å²) in [6, 6.07) is 5.17. The largest absolute Gasteiger partial charge is 0.481 e. The Morgan fingerprint density at radius 2 is 1.83 bits per heavy atom. The van der Waals surface area contributed by atoms with Crippen molar-refractivity contribution in [2.45, 2.75) is 32.1 Å². The Morgan fingerprint density at radius 1 is 1.13 bits per heavy atom. The maximum atomic E-state index is 11.5. The van der Waals surface area contributed by atoms with Crippen LogP contribution in [0.15, 0.2) is 23.2 Å². The quantitative estimate of drug-likeness (QED) is 0.356. The molecule has 1 aromatic carbocycles. The van der Waals surface area contributed by atoms with Crippen molar-refractivity contribution in [3.8, 4) is 0 Å². The van der Waals surface area contributed by atoms with Crippen LogP contribution in [0.4, 0.5) is 5.69 Å². The number of rotatable bonds is 9. The van der Waals surface area contributed by atoms with Crippen LogP contribution in [0.3, 0.4) is 0 Å². The fourth-order valence-electron chi connectivity index (χ4n) is 1.77. The van der Waals surface area contributed by atoms with Crippen molar-refractivity contribution in [1.82, 2.24) is 0 Å². The summed E-state index contributed by atoms with van der Waals surface area (Å²) in [6.45, 7) is 0.500. The number of carbonyl (C=O) groups excluding carboxylic acids is 1. The highest BCUT2D eigenvalue weighted by Gasteiger charge is 2.04. The molecule has 1 rings (SSSR count). The zero-order chi connectivity index (χ0) is 17.2. The molecule has 0 aliphatic carbocycles. The molecule has 126 valence electrons. The lowest BCUT2D eigenvalue weighted by atomic mass is 10.2. The average molecular weight is 360 g/mol. The number of carbonyl (C=O) groups is 2. The van der Waals surface area contributed by atoms with Crippen LogP contribution in [0.25, 0.3) is 0 Å². The molecule has 0 saturated heterocycles. The second-order valence-electron chi connectivity index (χ2n) is 4.90. The molecule has 0 heterocycles. The van der Waals surface area contributed by atoms with E-state index < -0.39 is 5.97 Å². The summed E-state index contributed by atoms with van der Waals surface area (Å²) in [7, 11) is 0. The number of unbranched alkanes of at least 4 members (excludes halogenated alkanes) is 1. The summed E-state index contributed by atoms with van der Waals surface area (Å²) in [5.41, 5.74) is 6.49. The predicted octanol–water partition coefficient (Wildman–Crippen LogP) is 3.32. The van der Waals surface area contributed by atoms with E-state index in [2.05, 4.69) is 10.3 Å². The minimum Gasteiger partial charge on any atom is -0.481 e. The number of amides is 1. The smallest absolute Gasteiger partial charge is 0.303 e. The number of aliphatic imine (C=N–C) groups is 1. The van der Waals surface area contributed by atoms with Gasteiger partial charge in [0, 0.05) is 31.5 Å². The zero-order valence-electron chi connectivity index (χ0n) is 12.5. The summed E-state index contributed by atoms with van der Waals surface area (Å²) < 4.78 is 0. The van der Waals surface area contributed by atoms with Crippen LogP contribution in [0, 0.1) is 0 Å². The van der Waals surface area contributed by atoms with Crippen LogP contribution in [0.2, 0.25) is 10.0 Å². The van der Waals surface area contributed by atoms with Gasteiger partial charge in [-0.2, -0.15) is 0 Å². The molecule has 0 unspecified atom stereocenters. The lowest BCUT2D eigenvalue weighted by Crippen LogP contribution is -2.18. The fourth-order valence-corrected chi connectivity index (χ4v) is 2.06. The van der Waals surface area contributed by atoms with Crippen molar-refractivity contribution in [2.75, 3.05) is 11.9 Å². The summed E-state index contributed by atoms with van der Waals surface area (Å²) in [4.78, 5) is 25.7. The third kappa shape index (κ3) is 8.42. The van der Waals surface area contributed by atoms with Crippen molar-refractivity contribution in [3.05, 3.63) is 28.2 Å². The molecule has 1 aromatic rings. The molecule has 0 bridgehead atoms. The van der Waals surface area contributed by atoms with Crippen LogP contribution < -0.4 is 11.1 Å². The van der Waals surface area contributed by atoms with Gasteiger partial charge in [0.2, 0.25) is 5.91 Å². The van der Waals surface area contributed by atoms with Gasteiger partial charge in [-0.25, -0.2) is 4.99 Å². The summed E-state index contributed by atoms with van der Waals surface area (Å²) in [5.74, 6) is -0.961. The van der Waals surface area contributed by atoms with E-state index in [1.54, 1.807) is 18.2 Å². The van der Waals surface area contributed by atoms with Gasteiger partial charge in [-0.3, -0.25) is 9.59 Å². The van der Waals surface area contributed by atoms with Crippen LogP contribution in [-0.4, -0.2) is 29.4 Å². The second kappa shape index (κ2) is 10.1. The van der Waals surface area contributed by atoms with E-state index >= 15 is 0 Å². The van der Waals surface area contributed by atoms with Crippen molar-refractivity contribution in [1.29, 1.82) is 0 Å². The van der Waals surface area contributed by atoms with Gasteiger partial charge in [-0.05, 0) is 31.0 Å². The molecule has 0 atom stereocenters. The number of anilines is 1. The summed E-state index contributed by atoms with van der Waals surface area (Å²) >= 11 is 11.7. The Kier molecular flexibility index (Phi) is 8.43. The Labute approximate surface area is 144 Å². The van der Waals surface area contributed by atoms with Gasteiger partial charge in [-0.15, -0.1) is 0 Å². The second-order valence-corrected chi connectivity index (χ2v) is 5.72. The topological polar surface area (TPSA) is 105 Å². The van der Waals surface area contributed by atoms with Crippen molar-refractivity contribution >= 4 is 46.6 Å². The number of nitrogens with two attached hydrogens (primary N) is 1. The van der Waals surface area contributed by atoms with E-state index in [4.69, 9.17) is 34.0 Å². The highest BCUT2D eigenvalue weighted by Crippen LogP contribution is 2.24. The number of benzene rings is 1. The number of aliphatic carboxylic acids is 1. The maximum absolute atomic E-state index is 11.5. The summed E-state index contributed by atoms with van der Waals surface area (Å²) in [6.07, 6.45) is 1.61. The highest BCUT2D eigenvalue weighted by atomic mass is 35.5. The number of nitrogens with zero attached hydrogens (tertiary/aromatic N) is 1. The van der Waals surface area contributed by atoms with Crippen molar-refractivity contribution in [2.24, 2.45) is 10.7 Å². The maximum Gasteiger partial charge on any atom is 0.303 e. The minimum absolute atomic E-state index is 0.0556. The van der Waals surface area contributed by atoms with E-state index in [-0.39, 0.29) is 24.6 Å². The van der Waals surface area contributed by atoms with Crippen LogP contribution in [0.1, 0.15) is 32.1 Å². The molecule has 8 heteroatoms. The van der Waals surface area contributed by atoms with Gasteiger partial charge in [0.05, 0.1) is 10.0 Å². The van der Waals surface area contributed by atoms with Gasteiger partial charge in [0.25, 0.3) is 0 Å². The van der Waals surface area contributed by atoms with Crippen LogP contribution in [-0.2, 0) is 9.59 Å². The predicted molar refractivity (Wildman–Crippen MR) is 92.3 cm³/mol.